The Morgan fingerprint density at radius 2 is 2.21 bits per heavy atom. The zero-order chi connectivity index (χ0) is 10.4. The van der Waals surface area contributed by atoms with Crippen LogP contribution in [0.3, 0.4) is 0 Å². The zero-order valence-corrected chi connectivity index (χ0v) is 9.08. The molecule has 0 amide bonds. The highest BCUT2D eigenvalue weighted by molar-refractivity contribution is 7.99. The van der Waals surface area contributed by atoms with E-state index in [9.17, 15) is 4.79 Å². The highest BCUT2D eigenvalue weighted by Crippen LogP contribution is 2.19. The molecule has 0 aliphatic carbocycles. The van der Waals surface area contributed by atoms with Gasteiger partial charge in [-0.2, -0.15) is 0 Å². The average molecular weight is 211 g/mol. The van der Waals surface area contributed by atoms with Crippen LogP contribution in [0.25, 0.3) is 0 Å². The lowest BCUT2D eigenvalue weighted by Crippen LogP contribution is -2.14. The monoisotopic (exact) mass is 211 g/mol. The molecular formula is C10H13NO2S. The normalized spacial score (nSPS) is 12.1. The van der Waals surface area contributed by atoms with Gasteiger partial charge in [0.1, 0.15) is 0 Å². The van der Waals surface area contributed by atoms with Crippen LogP contribution in [-0.4, -0.2) is 23.8 Å². The van der Waals surface area contributed by atoms with E-state index < -0.39 is 0 Å². The minimum Gasteiger partial charge on any atom is -0.469 e. The summed E-state index contributed by atoms with van der Waals surface area (Å²) in [6.45, 7) is 1.86. The van der Waals surface area contributed by atoms with Crippen molar-refractivity contribution in [3.63, 3.8) is 0 Å². The quantitative estimate of drug-likeness (QED) is 0.564. The van der Waals surface area contributed by atoms with Crippen LogP contribution in [0.15, 0.2) is 29.4 Å². The van der Waals surface area contributed by atoms with Crippen LogP contribution in [0.2, 0.25) is 0 Å². The van der Waals surface area contributed by atoms with Crippen molar-refractivity contribution in [2.45, 2.75) is 11.8 Å². The molecule has 1 rings (SSSR count). The number of hydrogen-bond acceptors (Lipinski definition) is 4. The molecule has 0 N–H and O–H groups in total. The Kier molecular flexibility index (Phi) is 4.46. The number of rotatable bonds is 4. The predicted molar refractivity (Wildman–Crippen MR) is 56.1 cm³/mol. The molecule has 0 bridgehead atoms. The average Bonchev–Trinajstić information content (AvgIpc) is 2.26. The molecule has 4 heteroatoms. The van der Waals surface area contributed by atoms with Crippen molar-refractivity contribution < 1.29 is 9.53 Å². The third-order valence-corrected chi connectivity index (χ3v) is 3.03. The van der Waals surface area contributed by atoms with Crippen LogP contribution in [-0.2, 0) is 9.53 Å². The van der Waals surface area contributed by atoms with Gasteiger partial charge in [-0.15, -0.1) is 11.8 Å². The van der Waals surface area contributed by atoms with Gasteiger partial charge in [-0.1, -0.05) is 6.92 Å². The van der Waals surface area contributed by atoms with E-state index >= 15 is 0 Å². The minimum absolute atomic E-state index is 0.0711. The van der Waals surface area contributed by atoms with Crippen molar-refractivity contribution in [3.8, 4) is 0 Å². The van der Waals surface area contributed by atoms with Crippen molar-refractivity contribution in [1.82, 2.24) is 4.98 Å². The fraction of sp³-hybridized carbons (Fsp3) is 0.400. The second kappa shape index (κ2) is 5.65. The number of hydrogen-bond donors (Lipinski definition) is 0. The van der Waals surface area contributed by atoms with Gasteiger partial charge in [0, 0.05) is 23.0 Å². The molecule has 0 aromatic carbocycles. The Hall–Kier alpha value is -1.03. The standard InChI is InChI=1S/C10H13NO2S/c1-8(10(12)13-2)7-14-9-3-5-11-6-4-9/h3-6,8H,7H2,1-2H3. The molecule has 0 fully saturated rings. The second-order valence-corrected chi connectivity index (χ2v) is 4.01. The third-order valence-electron chi connectivity index (χ3n) is 1.75. The molecule has 0 saturated heterocycles. The fourth-order valence-corrected chi connectivity index (χ4v) is 1.82. The van der Waals surface area contributed by atoms with Crippen LogP contribution in [0.4, 0.5) is 0 Å². The van der Waals surface area contributed by atoms with E-state index in [1.54, 1.807) is 24.2 Å². The lowest BCUT2D eigenvalue weighted by molar-refractivity contribution is -0.143. The molecule has 76 valence electrons. The fourth-order valence-electron chi connectivity index (χ4n) is 0.925. The maximum Gasteiger partial charge on any atom is 0.309 e. The van der Waals surface area contributed by atoms with E-state index in [0.29, 0.717) is 0 Å². The molecule has 0 radical (unpaired) electrons. The van der Waals surface area contributed by atoms with Crippen LogP contribution in [0.5, 0.6) is 0 Å². The van der Waals surface area contributed by atoms with E-state index in [-0.39, 0.29) is 11.9 Å². The highest BCUT2D eigenvalue weighted by atomic mass is 32.2. The van der Waals surface area contributed by atoms with Gasteiger partial charge in [0.15, 0.2) is 0 Å². The summed E-state index contributed by atoms with van der Waals surface area (Å²) < 4.78 is 4.64. The summed E-state index contributed by atoms with van der Waals surface area (Å²) >= 11 is 1.63. The first-order chi connectivity index (χ1) is 6.74. The number of carbonyl (C=O) groups is 1. The molecule has 0 saturated carbocycles. The maximum absolute atomic E-state index is 11.1. The number of esters is 1. The number of methoxy groups -OCH3 is 1. The molecule has 1 atom stereocenters. The van der Waals surface area contributed by atoms with E-state index in [0.717, 1.165) is 10.6 Å². The minimum atomic E-state index is -0.161. The van der Waals surface area contributed by atoms with Crippen LogP contribution >= 0.6 is 11.8 Å². The molecular weight excluding hydrogens is 198 g/mol. The lowest BCUT2D eigenvalue weighted by Gasteiger charge is -2.07. The smallest absolute Gasteiger partial charge is 0.309 e. The van der Waals surface area contributed by atoms with Crippen LogP contribution in [0, 0.1) is 5.92 Å². The zero-order valence-electron chi connectivity index (χ0n) is 8.27. The summed E-state index contributed by atoms with van der Waals surface area (Å²) in [5.74, 6) is 0.501. The number of nitrogens with zero attached hydrogens (tertiary/aromatic N) is 1. The molecule has 1 heterocycles. The summed E-state index contributed by atoms with van der Waals surface area (Å²) in [5, 5.41) is 0. The number of thioether (sulfide) groups is 1. The predicted octanol–water partition coefficient (Wildman–Crippen LogP) is 1.98. The van der Waals surface area contributed by atoms with Gasteiger partial charge in [0.2, 0.25) is 0 Å². The van der Waals surface area contributed by atoms with Crippen LogP contribution < -0.4 is 0 Å². The molecule has 14 heavy (non-hydrogen) atoms. The van der Waals surface area contributed by atoms with Gasteiger partial charge in [-0.3, -0.25) is 9.78 Å². The van der Waals surface area contributed by atoms with Crippen molar-refractivity contribution >= 4 is 17.7 Å². The van der Waals surface area contributed by atoms with Gasteiger partial charge in [-0.05, 0) is 12.1 Å². The largest absolute Gasteiger partial charge is 0.469 e. The Balaban J connectivity index is 2.38. The number of pyridine rings is 1. The summed E-state index contributed by atoms with van der Waals surface area (Å²) in [4.78, 5) is 16.1. The Labute approximate surface area is 87.9 Å². The topological polar surface area (TPSA) is 39.2 Å². The number of ether oxygens (including phenoxy) is 1. The van der Waals surface area contributed by atoms with Gasteiger partial charge in [0.25, 0.3) is 0 Å². The van der Waals surface area contributed by atoms with Crippen LogP contribution in [0.1, 0.15) is 6.92 Å². The first-order valence-corrected chi connectivity index (χ1v) is 5.33. The summed E-state index contributed by atoms with van der Waals surface area (Å²) in [6.07, 6.45) is 3.48. The van der Waals surface area contributed by atoms with Gasteiger partial charge in [-0.25, -0.2) is 0 Å². The first-order valence-electron chi connectivity index (χ1n) is 4.34. The molecule has 3 nitrogen and oxygen atoms in total. The van der Waals surface area contributed by atoms with E-state index in [2.05, 4.69) is 9.72 Å². The first kappa shape index (κ1) is 11.0. The summed E-state index contributed by atoms with van der Waals surface area (Å²) in [6, 6.07) is 3.85. The molecule has 0 spiro atoms. The van der Waals surface area contributed by atoms with Gasteiger partial charge >= 0.3 is 5.97 Å². The molecule has 1 unspecified atom stereocenters. The SMILES string of the molecule is COC(=O)C(C)CSc1ccncc1. The third kappa shape index (κ3) is 3.38. The lowest BCUT2D eigenvalue weighted by atomic mass is 10.2. The number of aromatic nitrogens is 1. The Morgan fingerprint density at radius 1 is 1.57 bits per heavy atom. The molecule has 1 aromatic rings. The second-order valence-electron chi connectivity index (χ2n) is 2.92. The van der Waals surface area contributed by atoms with Crippen molar-refractivity contribution in [3.05, 3.63) is 24.5 Å². The molecule has 0 aliphatic rings. The summed E-state index contributed by atoms with van der Waals surface area (Å²) in [7, 11) is 1.41. The maximum atomic E-state index is 11.1. The summed E-state index contributed by atoms with van der Waals surface area (Å²) in [5.41, 5.74) is 0. The van der Waals surface area contributed by atoms with E-state index in [4.69, 9.17) is 0 Å². The van der Waals surface area contributed by atoms with Gasteiger partial charge < -0.3 is 4.74 Å². The number of carbonyl (C=O) groups excluding carboxylic acids is 1. The van der Waals surface area contributed by atoms with Crippen molar-refractivity contribution in [1.29, 1.82) is 0 Å². The van der Waals surface area contributed by atoms with Crippen molar-refractivity contribution in [2.75, 3.05) is 12.9 Å². The molecule has 0 aliphatic heterocycles. The Bertz CT molecular complexity index is 289. The van der Waals surface area contributed by atoms with Crippen molar-refractivity contribution in [2.24, 2.45) is 5.92 Å². The Morgan fingerprint density at radius 3 is 2.79 bits per heavy atom. The van der Waals surface area contributed by atoms with E-state index in [1.807, 2.05) is 19.1 Å². The van der Waals surface area contributed by atoms with E-state index in [1.165, 1.54) is 7.11 Å². The van der Waals surface area contributed by atoms with Gasteiger partial charge in [0.05, 0.1) is 13.0 Å². The molecule has 1 aromatic heterocycles. The highest BCUT2D eigenvalue weighted by Gasteiger charge is 2.12.